The van der Waals surface area contributed by atoms with Crippen LogP contribution in [0.5, 0.6) is 5.75 Å². The van der Waals surface area contributed by atoms with Crippen LogP contribution in [0.2, 0.25) is 0 Å². The molecule has 0 atom stereocenters. The first-order chi connectivity index (χ1) is 12.8. The van der Waals surface area contributed by atoms with Gasteiger partial charge in [0.05, 0.1) is 5.69 Å². The van der Waals surface area contributed by atoms with Gasteiger partial charge in [0.2, 0.25) is 0 Å². The molecule has 0 amide bonds. The number of nitrogens with one attached hydrogen (secondary N) is 2. The van der Waals surface area contributed by atoms with E-state index in [1.165, 1.54) is 0 Å². The van der Waals surface area contributed by atoms with Crippen molar-refractivity contribution in [3.8, 4) is 5.75 Å². The molecule has 0 aliphatic heterocycles. The van der Waals surface area contributed by atoms with Gasteiger partial charge in [0.1, 0.15) is 12.4 Å². The smallest absolute Gasteiger partial charge is 0.191 e. The largest absolute Gasteiger partial charge is 0.487 e. The molecule has 0 bridgehead atoms. The quantitative estimate of drug-likeness (QED) is 0.234. The SMILES string of the molecule is CCOCCCNC(=NC)NCc1cccc(OCc2ccccn2)c1.I. The lowest BCUT2D eigenvalue weighted by molar-refractivity contribution is 0.145. The van der Waals surface area contributed by atoms with Crippen LogP contribution in [-0.4, -0.2) is 37.7 Å². The molecule has 0 radical (unpaired) electrons. The van der Waals surface area contributed by atoms with Crippen molar-refractivity contribution in [3.05, 3.63) is 59.9 Å². The number of guanidine groups is 1. The molecule has 0 aliphatic carbocycles. The molecule has 7 heteroatoms. The molecule has 2 rings (SSSR count). The summed E-state index contributed by atoms with van der Waals surface area (Å²) in [5.74, 6) is 1.61. The highest BCUT2D eigenvalue weighted by molar-refractivity contribution is 14.0. The molecule has 0 aliphatic rings. The summed E-state index contributed by atoms with van der Waals surface area (Å²) in [6.45, 7) is 5.48. The van der Waals surface area contributed by atoms with Gasteiger partial charge in [-0.25, -0.2) is 0 Å². The summed E-state index contributed by atoms with van der Waals surface area (Å²) < 4.78 is 11.1. The van der Waals surface area contributed by atoms with Gasteiger partial charge >= 0.3 is 0 Å². The number of pyridine rings is 1. The van der Waals surface area contributed by atoms with E-state index in [9.17, 15) is 0 Å². The average molecular weight is 484 g/mol. The minimum Gasteiger partial charge on any atom is -0.487 e. The summed E-state index contributed by atoms with van der Waals surface area (Å²) in [6.07, 6.45) is 2.72. The number of nitrogens with zero attached hydrogens (tertiary/aromatic N) is 2. The van der Waals surface area contributed by atoms with Crippen LogP contribution in [0.1, 0.15) is 24.6 Å². The molecular weight excluding hydrogens is 455 g/mol. The molecule has 2 aromatic rings. The van der Waals surface area contributed by atoms with Crippen molar-refractivity contribution in [2.45, 2.75) is 26.5 Å². The molecule has 0 saturated carbocycles. The molecule has 27 heavy (non-hydrogen) atoms. The molecule has 0 spiro atoms. The van der Waals surface area contributed by atoms with Crippen LogP contribution in [-0.2, 0) is 17.9 Å². The zero-order valence-corrected chi connectivity index (χ0v) is 18.3. The maximum Gasteiger partial charge on any atom is 0.191 e. The Hall–Kier alpha value is -1.87. The molecule has 1 heterocycles. The normalized spacial score (nSPS) is 10.8. The van der Waals surface area contributed by atoms with Gasteiger partial charge in [-0.15, -0.1) is 24.0 Å². The monoisotopic (exact) mass is 484 g/mol. The van der Waals surface area contributed by atoms with Gasteiger partial charge in [0, 0.05) is 39.5 Å². The van der Waals surface area contributed by atoms with Gasteiger partial charge < -0.3 is 20.1 Å². The van der Waals surface area contributed by atoms with Crippen molar-refractivity contribution >= 4 is 29.9 Å². The number of hydrogen-bond acceptors (Lipinski definition) is 4. The van der Waals surface area contributed by atoms with Crippen molar-refractivity contribution in [1.29, 1.82) is 0 Å². The molecule has 0 unspecified atom stereocenters. The van der Waals surface area contributed by atoms with Crippen LogP contribution in [0.15, 0.2) is 53.7 Å². The predicted molar refractivity (Wildman–Crippen MR) is 120 cm³/mol. The summed E-state index contributed by atoms with van der Waals surface area (Å²) in [6, 6.07) is 13.8. The fourth-order valence-corrected chi connectivity index (χ4v) is 2.32. The van der Waals surface area contributed by atoms with Gasteiger partial charge in [-0.3, -0.25) is 9.98 Å². The summed E-state index contributed by atoms with van der Waals surface area (Å²) in [5.41, 5.74) is 2.04. The zero-order valence-electron chi connectivity index (χ0n) is 16.0. The van der Waals surface area contributed by atoms with Crippen molar-refractivity contribution in [2.24, 2.45) is 4.99 Å². The van der Waals surface area contributed by atoms with Crippen molar-refractivity contribution < 1.29 is 9.47 Å². The van der Waals surface area contributed by atoms with Gasteiger partial charge in [-0.2, -0.15) is 0 Å². The molecule has 1 aromatic carbocycles. The second-order valence-electron chi connectivity index (χ2n) is 5.66. The van der Waals surface area contributed by atoms with E-state index in [0.29, 0.717) is 13.2 Å². The minimum atomic E-state index is 0. The van der Waals surface area contributed by atoms with Crippen LogP contribution in [0, 0.1) is 0 Å². The van der Waals surface area contributed by atoms with Crippen molar-refractivity contribution in [2.75, 3.05) is 26.8 Å². The fourth-order valence-electron chi connectivity index (χ4n) is 2.32. The Kier molecular flexibility index (Phi) is 12.2. The van der Waals surface area contributed by atoms with Crippen LogP contribution in [0.3, 0.4) is 0 Å². The third kappa shape index (κ3) is 9.58. The van der Waals surface area contributed by atoms with E-state index in [2.05, 4.69) is 26.7 Å². The van der Waals surface area contributed by atoms with Crippen LogP contribution in [0.25, 0.3) is 0 Å². The minimum absolute atomic E-state index is 0. The Bertz CT molecular complexity index is 668. The first kappa shape index (κ1) is 23.2. The lowest BCUT2D eigenvalue weighted by Gasteiger charge is -2.13. The molecule has 2 N–H and O–H groups in total. The molecule has 1 aromatic heterocycles. The van der Waals surface area contributed by atoms with Gasteiger partial charge in [-0.05, 0) is 43.2 Å². The average Bonchev–Trinajstić information content (AvgIpc) is 2.69. The number of halogens is 1. The van der Waals surface area contributed by atoms with E-state index >= 15 is 0 Å². The van der Waals surface area contributed by atoms with E-state index in [1.54, 1.807) is 13.2 Å². The maximum absolute atomic E-state index is 5.82. The van der Waals surface area contributed by atoms with Crippen LogP contribution in [0.4, 0.5) is 0 Å². The van der Waals surface area contributed by atoms with Crippen molar-refractivity contribution in [3.63, 3.8) is 0 Å². The lowest BCUT2D eigenvalue weighted by Crippen LogP contribution is -2.37. The highest BCUT2D eigenvalue weighted by Gasteiger charge is 2.01. The summed E-state index contributed by atoms with van der Waals surface area (Å²) in [7, 11) is 1.77. The van der Waals surface area contributed by atoms with Crippen LogP contribution >= 0.6 is 24.0 Å². The number of ether oxygens (including phenoxy) is 2. The standard InChI is InChI=1S/C20H28N4O2.HI/c1-3-25-13-7-12-23-20(21-2)24-15-17-8-6-10-19(14-17)26-16-18-9-4-5-11-22-18;/h4-6,8-11,14H,3,7,12-13,15-16H2,1-2H3,(H2,21,23,24);1H. The zero-order chi connectivity index (χ0) is 18.5. The first-order valence-corrected chi connectivity index (χ1v) is 8.95. The summed E-state index contributed by atoms with van der Waals surface area (Å²) >= 11 is 0. The number of hydrogen-bond donors (Lipinski definition) is 2. The van der Waals surface area contributed by atoms with Gasteiger partial charge in [-0.1, -0.05) is 18.2 Å². The number of aliphatic imine (C=N–C) groups is 1. The van der Waals surface area contributed by atoms with E-state index in [-0.39, 0.29) is 24.0 Å². The maximum atomic E-state index is 5.82. The first-order valence-electron chi connectivity index (χ1n) is 8.95. The number of rotatable bonds is 10. The molecule has 0 fully saturated rings. The Morgan fingerprint density at radius 3 is 2.78 bits per heavy atom. The second-order valence-corrected chi connectivity index (χ2v) is 5.66. The summed E-state index contributed by atoms with van der Waals surface area (Å²) in [5, 5.41) is 6.59. The topological polar surface area (TPSA) is 67.8 Å². The van der Waals surface area contributed by atoms with E-state index in [0.717, 1.165) is 49.1 Å². The number of benzene rings is 1. The Labute approximate surface area is 178 Å². The van der Waals surface area contributed by atoms with E-state index < -0.39 is 0 Å². The Morgan fingerprint density at radius 1 is 1.15 bits per heavy atom. The highest BCUT2D eigenvalue weighted by atomic mass is 127. The molecular formula is C20H29IN4O2. The second kappa shape index (κ2) is 14.2. The third-order valence-electron chi connectivity index (χ3n) is 3.66. The summed E-state index contributed by atoms with van der Waals surface area (Å²) in [4.78, 5) is 8.50. The lowest BCUT2D eigenvalue weighted by atomic mass is 10.2. The van der Waals surface area contributed by atoms with Gasteiger partial charge in [0.25, 0.3) is 0 Å². The van der Waals surface area contributed by atoms with E-state index in [1.807, 2.05) is 43.3 Å². The predicted octanol–water partition coefficient (Wildman–Crippen LogP) is 3.37. The Morgan fingerprint density at radius 2 is 2.04 bits per heavy atom. The van der Waals surface area contributed by atoms with Gasteiger partial charge in [0.15, 0.2) is 5.96 Å². The molecule has 0 saturated heterocycles. The molecule has 148 valence electrons. The highest BCUT2D eigenvalue weighted by Crippen LogP contribution is 2.14. The fraction of sp³-hybridized carbons (Fsp3) is 0.400. The third-order valence-corrected chi connectivity index (χ3v) is 3.66. The molecule has 6 nitrogen and oxygen atoms in total. The van der Waals surface area contributed by atoms with Crippen LogP contribution < -0.4 is 15.4 Å². The Balaban J connectivity index is 0.00000364. The number of aromatic nitrogens is 1. The van der Waals surface area contributed by atoms with Crippen molar-refractivity contribution in [1.82, 2.24) is 15.6 Å². The van der Waals surface area contributed by atoms with E-state index in [4.69, 9.17) is 9.47 Å².